The van der Waals surface area contributed by atoms with Crippen LogP contribution < -0.4 is 19.5 Å². The van der Waals surface area contributed by atoms with Crippen LogP contribution in [0.25, 0.3) is 16.9 Å². The predicted molar refractivity (Wildman–Crippen MR) is 140 cm³/mol. The van der Waals surface area contributed by atoms with Gasteiger partial charge < -0.3 is 19.5 Å². The predicted octanol–water partition coefficient (Wildman–Crippen LogP) is 4.64. The number of hydrogen-bond acceptors (Lipinski definition) is 6. The Kier molecular flexibility index (Phi) is 7.87. The van der Waals surface area contributed by atoms with Gasteiger partial charge in [0.15, 0.2) is 11.5 Å². The zero-order valence-corrected chi connectivity index (χ0v) is 20.9. The third-order valence-electron chi connectivity index (χ3n) is 5.66. The van der Waals surface area contributed by atoms with Crippen LogP contribution in [0.4, 0.5) is 5.69 Å². The Balaban J connectivity index is 1.51. The van der Waals surface area contributed by atoms with Gasteiger partial charge in [-0.2, -0.15) is 5.10 Å². The number of hydrogen-bond donors (Lipinski definition) is 1. The van der Waals surface area contributed by atoms with Gasteiger partial charge in [0.2, 0.25) is 11.7 Å². The van der Waals surface area contributed by atoms with E-state index < -0.39 is 0 Å². The molecule has 4 aromatic rings. The van der Waals surface area contributed by atoms with E-state index in [1.807, 2.05) is 83.5 Å². The molecular formula is C28H30N4O4. The topological polar surface area (TPSA) is 77.9 Å². The first kappa shape index (κ1) is 24.8. The van der Waals surface area contributed by atoms with E-state index in [0.717, 1.165) is 22.5 Å². The summed E-state index contributed by atoms with van der Waals surface area (Å²) in [7, 11) is 6.52. The van der Waals surface area contributed by atoms with E-state index >= 15 is 0 Å². The smallest absolute Gasteiger partial charge is 0.238 e. The van der Waals surface area contributed by atoms with Crippen molar-refractivity contribution in [2.75, 3.05) is 40.2 Å². The van der Waals surface area contributed by atoms with Gasteiger partial charge in [0.25, 0.3) is 0 Å². The zero-order valence-electron chi connectivity index (χ0n) is 20.9. The third kappa shape index (κ3) is 5.67. The largest absolute Gasteiger partial charge is 0.493 e. The summed E-state index contributed by atoms with van der Waals surface area (Å²) in [6, 6.07) is 23.4. The van der Waals surface area contributed by atoms with Crippen molar-refractivity contribution in [3.63, 3.8) is 0 Å². The van der Waals surface area contributed by atoms with Crippen molar-refractivity contribution in [1.29, 1.82) is 0 Å². The molecule has 1 heterocycles. The van der Waals surface area contributed by atoms with Crippen LogP contribution in [0.1, 0.15) is 5.56 Å². The molecule has 1 N–H and O–H groups in total. The van der Waals surface area contributed by atoms with Gasteiger partial charge >= 0.3 is 0 Å². The Morgan fingerprint density at radius 2 is 1.53 bits per heavy atom. The number of likely N-dealkylation sites (N-methyl/N-ethyl adjacent to an activating group) is 1. The summed E-state index contributed by atoms with van der Waals surface area (Å²) in [6.45, 7) is 0.723. The second kappa shape index (κ2) is 11.4. The van der Waals surface area contributed by atoms with Crippen LogP contribution in [-0.2, 0) is 11.3 Å². The fraction of sp³-hybridized carbons (Fsp3) is 0.214. The number of anilines is 1. The number of ether oxygens (including phenoxy) is 3. The summed E-state index contributed by atoms with van der Waals surface area (Å²) < 4.78 is 18.0. The van der Waals surface area contributed by atoms with E-state index in [2.05, 4.69) is 5.32 Å². The number of carbonyl (C=O) groups excluding carboxylic acids is 1. The van der Waals surface area contributed by atoms with Crippen molar-refractivity contribution in [1.82, 2.24) is 14.7 Å². The average molecular weight is 487 g/mol. The number of nitrogens with zero attached hydrogens (tertiary/aromatic N) is 3. The number of aromatic nitrogens is 2. The minimum atomic E-state index is -0.163. The summed E-state index contributed by atoms with van der Waals surface area (Å²) in [4.78, 5) is 14.8. The van der Waals surface area contributed by atoms with Gasteiger partial charge in [0.05, 0.1) is 39.3 Å². The molecule has 0 aliphatic carbocycles. The molecule has 1 amide bonds. The summed E-state index contributed by atoms with van der Waals surface area (Å²) in [5.41, 5.74) is 4.47. The average Bonchev–Trinajstić information content (AvgIpc) is 3.32. The van der Waals surface area contributed by atoms with E-state index in [0.29, 0.717) is 29.5 Å². The number of carbonyl (C=O) groups is 1. The molecule has 0 aliphatic rings. The summed E-state index contributed by atoms with van der Waals surface area (Å²) in [6.07, 6.45) is 2.02. The minimum Gasteiger partial charge on any atom is -0.493 e. The van der Waals surface area contributed by atoms with Crippen LogP contribution in [0.2, 0.25) is 0 Å². The number of rotatable bonds is 10. The summed E-state index contributed by atoms with van der Waals surface area (Å²) in [5.74, 6) is 1.25. The highest BCUT2D eigenvalue weighted by Crippen LogP contribution is 2.39. The van der Waals surface area contributed by atoms with E-state index in [1.165, 1.54) is 21.3 Å². The summed E-state index contributed by atoms with van der Waals surface area (Å²) >= 11 is 0. The SMILES string of the molecule is COc1cc(NC(=O)CN(C)Cc2cn(-c3ccccc3)nc2-c2ccccc2)cc(OC)c1OC. The van der Waals surface area contributed by atoms with Crippen LogP contribution in [0.3, 0.4) is 0 Å². The van der Waals surface area contributed by atoms with E-state index in [-0.39, 0.29) is 12.5 Å². The molecule has 0 unspecified atom stereocenters. The summed E-state index contributed by atoms with van der Waals surface area (Å²) in [5, 5.41) is 7.77. The van der Waals surface area contributed by atoms with Crippen LogP contribution in [0.5, 0.6) is 17.2 Å². The number of benzene rings is 3. The van der Waals surface area contributed by atoms with Gasteiger partial charge in [0.1, 0.15) is 0 Å². The van der Waals surface area contributed by atoms with Crippen LogP contribution >= 0.6 is 0 Å². The van der Waals surface area contributed by atoms with Crippen LogP contribution in [0.15, 0.2) is 79.0 Å². The first-order valence-corrected chi connectivity index (χ1v) is 11.5. The highest BCUT2D eigenvalue weighted by Gasteiger charge is 2.17. The van der Waals surface area contributed by atoms with Crippen molar-refractivity contribution in [3.8, 4) is 34.2 Å². The molecule has 0 spiro atoms. The molecule has 0 radical (unpaired) electrons. The fourth-order valence-corrected chi connectivity index (χ4v) is 4.02. The number of methoxy groups -OCH3 is 3. The molecule has 1 aromatic heterocycles. The maximum Gasteiger partial charge on any atom is 0.238 e. The molecule has 0 atom stereocenters. The molecule has 0 aliphatic heterocycles. The van der Waals surface area contributed by atoms with Gasteiger partial charge in [-0.05, 0) is 19.2 Å². The second-order valence-corrected chi connectivity index (χ2v) is 8.28. The van der Waals surface area contributed by atoms with Gasteiger partial charge in [-0.3, -0.25) is 9.69 Å². The monoisotopic (exact) mass is 486 g/mol. The maximum absolute atomic E-state index is 12.9. The van der Waals surface area contributed by atoms with Crippen LogP contribution in [0, 0.1) is 0 Å². The molecule has 8 nitrogen and oxygen atoms in total. The van der Waals surface area contributed by atoms with E-state index in [4.69, 9.17) is 19.3 Å². The zero-order chi connectivity index (χ0) is 25.5. The molecule has 4 rings (SSSR count). The second-order valence-electron chi connectivity index (χ2n) is 8.28. The highest BCUT2D eigenvalue weighted by atomic mass is 16.5. The maximum atomic E-state index is 12.9. The van der Waals surface area contributed by atoms with Crippen molar-refractivity contribution < 1.29 is 19.0 Å². The quantitative estimate of drug-likeness (QED) is 0.352. The fourth-order valence-electron chi connectivity index (χ4n) is 4.02. The van der Waals surface area contributed by atoms with Gasteiger partial charge in [-0.15, -0.1) is 0 Å². The Bertz CT molecular complexity index is 1280. The lowest BCUT2D eigenvalue weighted by Gasteiger charge is -2.18. The Labute approximate surface area is 211 Å². The molecule has 8 heteroatoms. The Morgan fingerprint density at radius 3 is 2.11 bits per heavy atom. The lowest BCUT2D eigenvalue weighted by molar-refractivity contribution is -0.117. The number of amides is 1. The molecule has 186 valence electrons. The number of nitrogens with one attached hydrogen (secondary N) is 1. The molecule has 0 saturated heterocycles. The van der Waals surface area contributed by atoms with Gasteiger partial charge in [0, 0.05) is 41.7 Å². The first-order valence-electron chi connectivity index (χ1n) is 11.5. The lowest BCUT2D eigenvalue weighted by atomic mass is 10.1. The van der Waals surface area contributed by atoms with Crippen molar-refractivity contribution in [3.05, 3.63) is 84.6 Å². The van der Waals surface area contributed by atoms with Crippen molar-refractivity contribution in [2.24, 2.45) is 0 Å². The Hall–Kier alpha value is -4.30. The Morgan fingerprint density at radius 1 is 0.917 bits per heavy atom. The molecule has 36 heavy (non-hydrogen) atoms. The molecule has 0 saturated carbocycles. The minimum absolute atomic E-state index is 0.163. The normalized spacial score (nSPS) is 10.8. The molecule has 0 fully saturated rings. The van der Waals surface area contributed by atoms with Crippen molar-refractivity contribution in [2.45, 2.75) is 6.54 Å². The third-order valence-corrected chi connectivity index (χ3v) is 5.66. The number of para-hydroxylation sites is 1. The molecular weight excluding hydrogens is 456 g/mol. The molecule has 3 aromatic carbocycles. The lowest BCUT2D eigenvalue weighted by Crippen LogP contribution is -2.29. The first-order chi connectivity index (χ1) is 17.5. The van der Waals surface area contributed by atoms with E-state index in [1.54, 1.807) is 12.1 Å². The van der Waals surface area contributed by atoms with Gasteiger partial charge in [-0.1, -0.05) is 48.5 Å². The highest BCUT2D eigenvalue weighted by molar-refractivity contribution is 5.93. The van der Waals surface area contributed by atoms with Crippen LogP contribution in [-0.4, -0.2) is 55.5 Å². The van der Waals surface area contributed by atoms with Crippen molar-refractivity contribution >= 4 is 11.6 Å². The molecule has 0 bridgehead atoms. The standard InChI is InChI=1S/C28H30N4O4/c1-31(19-26(33)29-22-15-24(34-2)28(36-4)25(16-22)35-3)17-21-18-32(23-13-9-6-10-14-23)30-27(21)20-11-7-5-8-12-20/h5-16,18H,17,19H2,1-4H3,(H,29,33). The van der Waals surface area contributed by atoms with E-state index in [9.17, 15) is 4.79 Å². The van der Waals surface area contributed by atoms with Gasteiger partial charge in [-0.25, -0.2) is 4.68 Å².